The van der Waals surface area contributed by atoms with Gasteiger partial charge in [0.2, 0.25) is 5.78 Å². The Kier molecular flexibility index (Phi) is 3.09. The third-order valence-corrected chi connectivity index (χ3v) is 3.03. The number of aliphatic imine (C=N–C) groups is 1. The SMILES string of the molecule is N#Cc1ccc(N=C2CC(=O)c3nccnc3C2=O)cc1. The second kappa shape index (κ2) is 5.06. The second-order valence-corrected chi connectivity index (χ2v) is 4.40. The van der Waals surface area contributed by atoms with Crippen molar-refractivity contribution in [2.24, 2.45) is 4.99 Å². The highest BCUT2D eigenvalue weighted by molar-refractivity contribution is 6.52. The van der Waals surface area contributed by atoms with Crippen LogP contribution in [0.15, 0.2) is 41.7 Å². The molecule has 0 radical (unpaired) electrons. The van der Waals surface area contributed by atoms with Gasteiger partial charge in [0.25, 0.3) is 0 Å². The van der Waals surface area contributed by atoms with Crippen molar-refractivity contribution in [3.63, 3.8) is 0 Å². The van der Waals surface area contributed by atoms with Crippen molar-refractivity contribution in [1.29, 1.82) is 5.26 Å². The molecule has 0 spiro atoms. The van der Waals surface area contributed by atoms with Crippen molar-refractivity contribution < 1.29 is 9.59 Å². The molecule has 0 fully saturated rings. The fourth-order valence-electron chi connectivity index (χ4n) is 2.02. The predicted octanol–water partition coefficient (Wildman–Crippen LogP) is 1.89. The fourth-order valence-corrected chi connectivity index (χ4v) is 2.02. The summed E-state index contributed by atoms with van der Waals surface area (Å²) in [6.07, 6.45) is 2.66. The van der Waals surface area contributed by atoms with Crippen LogP contribution in [-0.4, -0.2) is 27.2 Å². The van der Waals surface area contributed by atoms with Crippen LogP contribution in [0.2, 0.25) is 0 Å². The molecule has 0 N–H and O–H groups in total. The van der Waals surface area contributed by atoms with Crippen LogP contribution >= 0.6 is 0 Å². The average molecular weight is 276 g/mol. The van der Waals surface area contributed by atoms with Gasteiger partial charge in [0.15, 0.2) is 5.78 Å². The molecule has 1 aromatic carbocycles. The Morgan fingerprint density at radius 3 is 2.38 bits per heavy atom. The largest absolute Gasteiger partial charge is 0.292 e. The van der Waals surface area contributed by atoms with Crippen molar-refractivity contribution >= 4 is 23.0 Å². The van der Waals surface area contributed by atoms with Gasteiger partial charge in [-0.25, -0.2) is 15.0 Å². The van der Waals surface area contributed by atoms with Crippen molar-refractivity contribution in [2.75, 3.05) is 0 Å². The number of nitriles is 1. The zero-order valence-electron chi connectivity index (χ0n) is 10.8. The van der Waals surface area contributed by atoms with Crippen LogP contribution in [0.1, 0.15) is 33.0 Å². The molecule has 3 rings (SSSR count). The molecule has 0 amide bonds. The van der Waals surface area contributed by atoms with Crippen LogP contribution < -0.4 is 0 Å². The van der Waals surface area contributed by atoms with Crippen molar-refractivity contribution in [3.05, 3.63) is 53.6 Å². The van der Waals surface area contributed by atoms with Crippen LogP contribution in [-0.2, 0) is 0 Å². The average Bonchev–Trinajstić information content (AvgIpc) is 2.53. The lowest BCUT2D eigenvalue weighted by Gasteiger charge is -2.13. The third kappa shape index (κ3) is 2.32. The highest BCUT2D eigenvalue weighted by Crippen LogP contribution is 2.20. The monoisotopic (exact) mass is 276 g/mol. The number of carbonyl (C=O) groups excluding carboxylic acids is 2. The van der Waals surface area contributed by atoms with Crippen LogP contribution in [0.5, 0.6) is 0 Å². The highest BCUT2D eigenvalue weighted by atomic mass is 16.1. The first-order valence-corrected chi connectivity index (χ1v) is 6.15. The lowest BCUT2D eigenvalue weighted by Crippen LogP contribution is -2.29. The minimum absolute atomic E-state index is 0.0427. The first kappa shape index (κ1) is 12.8. The lowest BCUT2D eigenvalue weighted by atomic mass is 9.95. The number of nitrogens with zero attached hydrogens (tertiary/aromatic N) is 4. The molecule has 100 valence electrons. The molecule has 1 heterocycles. The maximum absolute atomic E-state index is 12.3. The molecule has 1 aromatic heterocycles. The first-order valence-electron chi connectivity index (χ1n) is 6.15. The molecule has 0 saturated heterocycles. The molecule has 21 heavy (non-hydrogen) atoms. The Balaban J connectivity index is 2.00. The van der Waals surface area contributed by atoms with E-state index in [1.54, 1.807) is 24.3 Å². The van der Waals surface area contributed by atoms with Gasteiger partial charge >= 0.3 is 0 Å². The standard InChI is InChI=1S/C15H8N4O2/c16-8-9-1-3-10(4-2-9)19-11-7-12(20)13-14(15(11)21)18-6-5-17-13/h1-6H,7H2. The molecule has 2 aromatic rings. The summed E-state index contributed by atoms with van der Waals surface area (Å²) in [5.74, 6) is -0.660. The summed E-state index contributed by atoms with van der Waals surface area (Å²) in [6, 6.07) is 8.44. The van der Waals surface area contributed by atoms with Crippen LogP contribution in [0.25, 0.3) is 0 Å². The smallest absolute Gasteiger partial charge is 0.228 e. The number of rotatable bonds is 1. The van der Waals surface area contributed by atoms with E-state index in [0.29, 0.717) is 11.3 Å². The van der Waals surface area contributed by atoms with E-state index in [2.05, 4.69) is 15.0 Å². The molecule has 0 bridgehead atoms. The molecule has 0 aliphatic heterocycles. The summed E-state index contributed by atoms with van der Waals surface area (Å²) in [7, 11) is 0. The first-order chi connectivity index (χ1) is 10.2. The van der Waals surface area contributed by atoms with E-state index in [-0.39, 0.29) is 35.1 Å². The van der Waals surface area contributed by atoms with E-state index in [1.165, 1.54) is 12.4 Å². The van der Waals surface area contributed by atoms with Crippen molar-refractivity contribution in [1.82, 2.24) is 9.97 Å². The van der Waals surface area contributed by atoms with Crippen LogP contribution in [0.3, 0.4) is 0 Å². The molecule has 0 saturated carbocycles. The number of aromatic nitrogens is 2. The van der Waals surface area contributed by atoms with Gasteiger partial charge in [0.05, 0.1) is 29.5 Å². The van der Waals surface area contributed by atoms with Gasteiger partial charge in [-0.3, -0.25) is 9.59 Å². The topological polar surface area (TPSA) is 96.1 Å². The quantitative estimate of drug-likeness (QED) is 0.792. The van der Waals surface area contributed by atoms with E-state index < -0.39 is 0 Å². The zero-order valence-corrected chi connectivity index (χ0v) is 10.8. The molecule has 1 aliphatic rings. The van der Waals surface area contributed by atoms with Gasteiger partial charge in [-0.05, 0) is 24.3 Å². The third-order valence-electron chi connectivity index (χ3n) is 3.03. The van der Waals surface area contributed by atoms with Crippen LogP contribution in [0.4, 0.5) is 5.69 Å². The molecule has 1 aliphatic carbocycles. The Hall–Kier alpha value is -3.20. The van der Waals surface area contributed by atoms with E-state index in [4.69, 9.17) is 5.26 Å². The van der Waals surface area contributed by atoms with Gasteiger partial charge in [-0.15, -0.1) is 0 Å². The molecule has 6 heteroatoms. The van der Waals surface area contributed by atoms with Crippen LogP contribution in [0, 0.1) is 11.3 Å². The van der Waals surface area contributed by atoms with E-state index in [0.717, 1.165) is 0 Å². The number of carbonyl (C=O) groups is 2. The number of fused-ring (bicyclic) bond motifs is 1. The van der Waals surface area contributed by atoms with Gasteiger partial charge < -0.3 is 0 Å². The predicted molar refractivity (Wildman–Crippen MR) is 73.6 cm³/mol. The minimum atomic E-state index is -0.387. The summed E-state index contributed by atoms with van der Waals surface area (Å²) in [5, 5.41) is 8.74. The molecular formula is C15H8N4O2. The van der Waals surface area contributed by atoms with Gasteiger partial charge in [-0.1, -0.05) is 0 Å². The summed E-state index contributed by atoms with van der Waals surface area (Å²) < 4.78 is 0. The number of hydrogen-bond donors (Lipinski definition) is 0. The lowest BCUT2D eigenvalue weighted by molar-refractivity contribution is 0.0957. The fraction of sp³-hybridized carbons (Fsp3) is 0.0667. The number of benzene rings is 1. The Labute approximate surface area is 119 Å². The maximum Gasteiger partial charge on any atom is 0.228 e. The van der Waals surface area contributed by atoms with Gasteiger partial charge in [-0.2, -0.15) is 5.26 Å². The summed E-state index contributed by atoms with van der Waals surface area (Å²) >= 11 is 0. The normalized spacial score (nSPS) is 15.7. The summed E-state index contributed by atoms with van der Waals surface area (Å²) in [6.45, 7) is 0. The maximum atomic E-state index is 12.3. The van der Waals surface area contributed by atoms with Gasteiger partial charge in [0.1, 0.15) is 11.4 Å². The Morgan fingerprint density at radius 1 is 1.05 bits per heavy atom. The molecule has 6 nitrogen and oxygen atoms in total. The molecule has 0 unspecified atom stereocenters. The molecule has 0 atom stereocenters. The Bertz CT molecular complexity index is 816. The second-order valence-electron chi connectivity index (χ2n) is 4.40. The number of hydrogen-bond acceptors (Lipinski definition) is 6. The highest BCUT2D eigenvalue weighted by Gasteiger charge is 2.31. The van der Waals surface area contributed by atoms with Crippen molar-refractivity contribution in [2.45, 2.75) is 6.42 Å². The minimum Gasteiger partial charge on any atom is -0.292 e. The number of Topliss-reactive ketones (excluding diaryl/α,β-unsaturated/α-hetero) is 2. The zero-order chi connectivity index (χ0) is 14.8. The van der Waals surface area contributed by atoms with Crippen molar-refractivity contribution in [3.8, 4) is 6.07 Å². The summed E-state index contributed by atoms with van der Waals surface area (Å²) in [4.78, 5) is 36.2. The Morgan fingerprint density at radius 2 is 1.71 bits per heavy atom. The van der Waals surface area contributed by atoms with E-state index >= 15 is 0 Å². The molecular weight excluding hydrogens is 268 g/mol. The number of ketones is 2. The van der Waals surface area contributed by atoms with E-state index in [9.17, 15) is 9.59 Å². The summed E-state index contributed by atoms with van der Waals surface area (Å²) in [5.41, 5.74) is 1.29. The van der Waals surface area contributed by atoms with E-state index in [1.807, 2.05) is 6.07 Å². The van der Waals surface area contributed by atoms with Gasteiger partial charge in [0, 0.05) is 12.4 Å².